The van der Waals surface area contributed by atoms with Gasteiger partial charge in [0.05, 0.1) is 5.56 Å². The lowest BCUT2D eigenvalue weighted by Gasteiger charge is -2.28. The molecule has 3 fully saturated rings. The number of aldehydes is 1. The van der Waals surface area contributed by atoms with E-state index in [9.17, 15) is 18.0 Å². The lowest BCUT2D eigenvalue weighted by molar-refractivity contribution is -0.137. The minimum atomic E-state index is -4.27. The Balaban J connectivity index is 0.000000236. The van der Waals surface area contributed by atoms with E-state index in [2.05, 4.69) is 5.32 Å². The first-order chi connectivity index (χ1) is 16.0. The molecule has 4 rings (SSSR count). The van der Waals surface area contributed by atoms with Crippen molar-refractivity contribution >= 4 is 6.29 Å². The fourth-order valence-electron chi connectivity index (χ4n) is 5.29. The Morgan fingerprint density at radius 1 is 0.848 bits per heavy atom. The molecule has 0 amide bonds. The summed E-state index contributed by atoms with van der Waals surface area (Å²) in [4.78, 5) is 10.5. The number of rotatable bonds is 7. The molecule has 3 nitrogen and oxygen atoms in total. The molecular weight excluding hydrogens is 427 g/mol. The summed E-state index contributed by atoms with van der Waals surface area (Å²) < 4.78 is 37.5. The molecule has 1 aromatic carbocycles. The average Bonchev–Trinajstić information content (AvgIpc) is 3.31. The highest BCUT2D eigenvalue weighted by Crippen LogP contribution is 2.38. The molecule has 2 unspecified atom stereocenters. The van der Waals surface area contributed by atoms with E-state index >= 15 is 0 Å². The first-order valence-corrected chi connectivity index (χ1v) is 12.7. The quantitative estimate of drug-likeness (QED) is 0.435. The second kappa shape index (κ2) is 14.8. The van der Waals surface area contributed by atoms with Crippen LogP contribution in [0.25, 0.3) is 0 Å². The minimum Gasteiger partial charge on any atom is -0.400 e. The minimum absolute atomic E-state index is 0.293. The van der Waals surface area contributed by atoms with Crippen molar-refractivity contribution in [3.05, 3.63) is 35.4 Å². The van der Waals surface area contributed by atoms with Crippen molar-refractivity contribution in [2.24, 2.45) is 17.8 Å². The van der Waals surface area contributed by atoms with E-state index in [1.807, 2.05) is 0 Å². The molecule has 3 aliphatic carbocycles. The van der Waals surface area contributed by atoms with E-state index in [0.717, 1.165) is 68.6 Å². The van der Waals surface area contributed by atoms with E-state index in [-0.39, 0.29) is 0 Å². The second-order valence-electron chi connectivity index (χ2n) is 9.86. The number of halogens is 3. The molecule has 0 aliphatic heterocycles. The van der Waals surface area contributed by atoms with Gasteiger partial charge in [0.1, 0.15) is 6.29 Å². The number of hydrogen-bond acceptors (Lipinski definition) is 3. The van der Waals surface area contributed by atoms with E-state index in [0.29, 0.717) is 18.3 Å². The van der Waals surface area contributed by atoms with Crippen LogP contribution in [0, 0.1) is 17.8 Å². The van der Waals surface area contributed by atoms with Gasteiger partial charge in [-0.2, -0.15) is 13.2 Å². The molecule has 6 heteroatoms. The van der Waals surface area contributed by atoms with E-state index in [1.165, 1.54) is 58.0 Å². The third-order valence-electron chi connectivity index (χ3n) is 7.49. The summed E-state index contributed by atoms with van der Waals surface area (Å²) in [6.45, 7) is 2.60. The topological polar surface area (TPSA) is 49.3 Å². The average molecular weight is 470 g/mol. The van der Waals surface area contributed by atoms with Gasteiger partial charge in [-0.25, -0.2) is 0 Å². The largest absolute Gasteiger partial charge is 0.416 e. The van der Waals surface area contributed by atoms with Crippen molar-refractivity contribution in [1.82, 2.24) is 5.32 Å². The predicted molar refractivity (Wildman–Crippen MR) is 127 cm³/mol. The number of nitrogens with one attached hydrogen (secondary N) is 1. The van der Waals surface area contributed by atoms with Crippen molar-refractivity contribution in [3.63, 3.8) is 0 Å². The summed E-state index contributed by atoms with van der Waals surface area (Å²) in [5.41, 5.74) is 0.361. The van der Waals surface area contributed by atoms with Crippen LogP contribution >= 0.6 is 0 Å². The predicted octanol–water partition coefficient (Wildman–Crippen LogP) is 6.74. The maximum absolute atomic E-state index is 12.5. The summed E-state index contributed by atoms with van der Waals surface area (Å²) in [6.07, 6.45) is 11.6. The van der Waals surface area contributed by atoms with Gasteiger partial charge in [0.2, 0.25) is 0 Å². The number of alkyl halides is 3. The molecule has 2 atom stereocenters. The highest BCUT2D eigenvalue weighted by atomic mass is 19.4. The normalized spacial score (nSPS) is 23.5. The molecule has 33 heavy (non-hydrogen) atoms. The number of carbonyl (C=O) groups excluding carboxylic acids is 1. The number of carbonyl (C=O) groups is 1. The molecule has 0 bridgehead atoms. The lowest BCUT2D eigenvalue weighted by Crippen LogP contribution is -2.30. The smallest absolute Gasteiger partial charge is 0.400 e. The number of hydrogen-bond donors (Lipinski definition) is 2. The molecule has 0 radical (unpaired) electrons. The fraction of sp³-hybridized carbons (Fsp3) is 0.741. The Morgan fingerprint density at radius 2 is 1.36 bits per heavy atom. The van der Waals surface area contributed by atoms with Gasteiger partial charge in [-0.05, 0) is 99.4 Å². The summed E-state index contributed by atoms with van der Waals surface area (Å²) in [5, 5.41) is 10.6. The van der Waals surface area contributed by atoms with E-state index < -0.39 is 11.7 Å². The molecule has 188 valence electrons. The molecule has 0 aromatic heterocycles. The molecule has 3 aliphatic rings. The zero-order chi connectivity index (χ0) is 24.1. The fourth-order valence-corrected chi connectivity index (χ4v) is 5.29. The van der Waals surface area contributed by atoms with Gasteiger partial charge in [0, 0.05) is 13.5 Å². The van der Waals surface area contributed by atoms with Crippen molar-refractivity contribution in [2.45, 2.75) is 89.1 Å². The Bertz CT molecular complexity index is 652. The SMILES string of the molecule is C1CCC(CNCC2CCC2)C1.CO.O=CCC1CCCC(c2ccc(C(F)(F)F)cc2)C1. The third kappa shape index (κ3) is 9.78. The van der Waals surface area contributed by atoms with Gasteiger partial charge in [0.15, 0.2) is 0 Å². The first-order valence-electron chi connectivity index (χ1n) is 12.7. The van der Waals surface area contributed by atoms with Crippen molar-refractivity contribution in [3.8, 4) is 0 Å². The standard InChI is InChI=1S/C15H17F3O.C11H21N.CH4O/c16-15(17,18)14-6-4-12(5-7-14)13-3-1-2-11(10-13)8-9-19;1-2-5-10(4-1)8-12-9-11-6-3-7-11;1-2/h4-7,9,11,13H,1-3,8,10H2;10-12H,1-9H2;2H,1H3. The van der Waals surface area contributed by atoms with Crippen LogP contribution in [0.15, 0.2) is 24.3 Å². The van der Waals surface area contributed by atoms with Crippen LogP contribution in [0.3, 0.4) is 0 Å². The maximum Gasteiger partial charge on any atom is 0.416 e. The van der Waals surface area contributed by atoms with Crippen LogP contribution in [0.4, 0.5) is 13.2 Å². The Hall–Kier alpha value is -1.40. The van der Waals surface area contributed by atoms with Gasteiger partial charge in [0.25, 0.3) is 0 Å². The molecule has 3 saturated carbocycles. The van der Waals surface area contributed by atoms with Crippen LogP contribution in [0.2, 0.25) is 0 Å². The lowest BCUT2D eigenvalue weighted by atomic mass is 9.77. The molecular formula is C27H42F3NO2. The molecule has 0 saturated heterocycles. The van der Waals surface area contributed by atoms with E-state index in [1.54, 1.807) is 12.1 Å². The van der Waals surface area contributed by atoms with Crippen LogP contribution in [-0.4, -0.2) is 31.6 Å². The number of aliphatic hydroxyl groups excluding tert-OH is 1. The molecule has 0 heterocycles. The Morgan fingerprint density at radius 3 is 1.85 bits per heavy atom. The van der Waals surface area contributed by atoms with Crippen LogP contribution in [0.5, 0.6) is 0 Å². The first kappa shape index (κ1) is 27.8. The summed E-state index contributed by atoms with van der Waals surface area (Å²) in [7, 11) is 1.00. The summed E-state index contributed by atoms with van der Waals surface area (Å²) in [6, 6.07) is 5.46. The van der Waals surface area contributed by atoms with Crippen molar-refractivity contribution < 1.29 is 23.1 Å². The second-order valence-corrected chi connectivity index (χ2v) is 9.86. The van der Waals surface area contributed by atoms with Crippen LogP contribution < -0.4 is 5.32 Å². The number of aliphatic hydroxyl groups is 1. The zero-order valence-electron chi connectivity index (χ0n) is 20.1. The highest BCUT2D eigenvalue weighted by Gasteiger charge is 2.30. The molecule has 2 N–H and O–H groups in total. The summed E-state index contributed by atoms with van der Waals surface area (Å²) in [5.74, 6) is 2.73. The van der Waals surface area contributed by atoms with Crippen molar-refractivity contribution in [2.75, 3.05) is 20.2 Å². The maximum atomic E-state index is 12.5. The number of benzene rings is 1. The van der Waals surface area contributed by atoms with Crippen LogP contribution in [-0.2, 0) is 11.0 Å². The molecule has 1 aromatic rings. The molecule has 0 spiro atoms. The van der Waals surface area contributed by atoms with Gasteiger partial charge < -0.3 is 15.2 Å². The van der Waals surface area contributed by atoms with Gasteiger partial charge in [-0.3, -0.25) is 0 Å². The van der Waals surface area contributed by atoms with Gasteiger partial charge >= 0.3 is 6.18 Å². The van der Waals surface area contributed by atoms with Crippen molar-refractivity contribution in [1.29, 1.82) is 0 Å². The van der Waals surface area contributed by atoms with Crippen LogP contribution in [0.1, 0.15) is 94.1 Å². The summed E-state index contributed by atoms with van der Waals surface area (Å²) >= 11 is 0. The van der Waals surface area contributed by atoms with Gasteiger partial charge in [-0.15, -0.1) is 0 Å². The highest BCUT2D eigenvalue weighted by molar-refractivity contribution is 5.49. The van der Waals surface area contributed by atoms with E-state index in [4.69, 9.17) is 5.11 Å². The van der Waals surface area contributed by atoms with Gasteiger partial charge in [-0.1, -0.05) is 37.8 Å². The monoisotopic (exact) mass is 469 g/mol. The Labute approximate surface area is 197 Å². The third-order valence-corrected chi connectivity index (χ3v) is 7.49. The zero-order valence-corrected chi connectivity index (χ0v) is 20.1. The Kier molecular flexibility index (Phi) is 12.5.